The SMILES string of the molecule is O=C(O)c1cccc(CNCCOC2CCCCC2)n1. The molecule has 1 aromatic rings. The van der Waals surface area contributed by atoms with Crippen molar-refractivity contribution in [1.29, 1.82) is 0 Å². The Labute approximate surface area is 119 Å². The Morgan fingerprint density at radius 2 is 2.15 bits per heavy atom. The van der Waals surface area contributed by atoms with Gasteiger partial charge in [-0.3, -0.25) is 0 Å². The summed E-state index contributed by atoms with van der Waals surface area (Å²) in [6.45, 7) is 2.02. The Morgan fingerprint density at radius 3 is 2.90 bits per heavy atom. The highest BCUT2D eigenvalue weighted by molar-refractivity contribution is 5.85. The van der Waals surface area contributed by atoms with E-state index in [1.165, 1.54) is 38.2 Å². The molecule has 0 bridgehead atoms. The fraction of sp³-hybridized carbons (Fsp3) is 0.600. The first-order valence-electron chi connectivity index (χ1n) is 7.27. The van der Waals surface area contributed by atoms with Crippen LogP contribution in [0.1, 0.15) is 48.3 Å². The van der Waals surface area contributed by atoms with Crippen molar-refractivity contribution in [2.75, 3.05) is 13.2 Å². The van der Waals surface area contributed by atoms with Crippen LogP contribution < -0.4 is 5.32 Å². The summed E-state index contributed by atoms with van der Waals surface area (Å²) in [5.74, 6) is -0.993. The first kappa shape index (κ1) is 14.9. The van der Waals surface area contributed by atoms with Crippen LogP contribution in [0.2, 0.25) is 0 Å². The van der Waals surface area contributed by atoms with E-state index < -0.39 is 5.97 Å². The van der Waals surface area contributed by atoms with Crippen LogP contribution >= 0.6 is 0 Å². The molecule has 0 amide bonds. The monoisotopic (exact) mass is 278 g/mol. The van der Waals surface area contributed by atoms with Gasteiger partial charge in [0.2, 0.25) is 0 Å². The quantitative estimate of drug-likeness (QED) is 0.748. The Kier molecular flexibility index (Phi) is 5.95. The minimum absolute atomic E-state index is 0.0859. The van der Waals surface area contributed by atoms with Gasteiger partial charge in [0.05, 0.1) is 18.4 Å². The molecule has 0 saturated heterocycles. The molecular weight excluding hydrogens is 256 g/mol. The Hall–Kier alpha value is -1.46. The van der Waals surface area contributed by atoms with Crippen LogP contribution in [0.15, 0.2) is 18.2 Å². The molecule has 0 radical (unpaired) electrons. The second kappa shape index (κ2) is 7.97. The molecular formula is C15H22N2O3. The van der Waals surface area contributed by atoms with E-state index in [-0.39, 0.29) is 5.69 Å². The summed E-state index contributed by atoms with van der Waals surface area (Å²) < 4.78 is 5.81. The van der Waals surface area contributed by atoms with Crippen molar-refractivity contribution in [3.63, 3.8) is 0 Å². The van der Waals surface area contributed by atoms with Crippen LogP contribution in [0.5, 0.6) is 0 Å². The van der Waals surface area contributed by atoms with Gasteiger partial charge in [-0.15, -0.1) is 0 Å². The summed E-state index contributed by atoms with van der Waals surface area (Å²) in [6.07, 6.45) is 6.70. The maximum Gasteiger partial charge on any atom is 0.354 e. The van der Waals surface area contributed by atoms with E-state index >= 15 is 0 Å². The van der Waals surface area contributed by atoms with Gasteiger partial charge in [-0.1, -0.05) is 25.3 Å². The number of carbonyl (C=O) groups is 1. The van der Waals surface area contributed by atoms with Gasteiger partial charge in [0.15, 0.2) is 0 Å². The first-order chi connectivity index (χ1) is 9.75. The molecule has 0 unspecified atom stereocenters. The number of carboxylic acids is 1. The lowest BCUT2D eigenvalue weighted by molar-refractivity contribution is 0.0302. The maximum atomic E-state index is 10.8. The van der Waals surface area contributed by atoms with Crippen molar-refractivity contribution < 1.29 is 14.6 Å². The lowest BCUT2D eigenvalue weighted by Crippen LogP contribution is -2.24. The average molecular weight is 278 g/mol. The number of ether oxygens (including phenoxy) is 1. The van der Waals surface area contributed by atoms with Crippen molar-refractivity contribution in [3.05, 3.63) is 29.6 Å². The summed E-state index contributed by atoms with van der Waals surface area (Å²) in [4.78, 5) is 14.9. The van der Waals surface area contributed by atoms with Gasteiger partial charge in [0.25, 0.3) is 0 Å². The topological polar surface area (TPSA) is 71.5 Å². The van der Waals surface area contributed by atoms with Gasteiger partial charge in [0.1, 0.15) is 5.69 Å². The summed E-state index contributed by atoms with van der Waals surface area (Å²) in [7, 11) is 0. The molecule has 1 heterocycles. The number of nitrogens with one attached hydrogen (secondary N) is 1. The largest absolute Gasteiger partial charge is 0.477 e. The van der Waals surface area contributed by atoms with E-state index in [0.717, 1.165) is 12.2 Å². The smallest absolute Gasteiger partial charge is 0.354 e. The third kappa shape index (κ3) is 4.90. The zero-order valence-corrected chi connectivity index (χ0v) is 11.7. The Bertz CT molecular complexity index is 431. The Balaban J connectivity index is 1.63. The molecule has 5 heteroatoms. The van der Waals surface area contributed by atoms with Gasteiger partial charge in [-0.25, -0.2) is 9.78 Å². The zero-order valence-electron chi connectivity index (χ0n) is 11.7. The predicted octanol–water partition coefficient (Wildman–Crippen LogP) is 2.22. The summed E-state index contributed by atoms with van der Waals surface area (Å²) >= 11 is 0. The summed E-state index contributed by atoms with van der Waals surface area (Å²) in [5, 5.41) is 12.1. The summed E-state index contributed by atoms with van der Waals surface area (Å²) in [6, 6.07) is 5.03. The van der Waals surface area contributed by atoms with Crippen molar-refractivity contribution in [2.24, 2.45) is 0 Å². The number of hydrogen-bond acceptors (Lipinski definition) is 4. The fourth-order valence-electron chi connectivity index (χ4n) is 2.44. The zero-order chi connectivity index (χ0) is 14.2. The van der Waals surface area contributed by atoms with E-state index in [1.54, 1.807) is 6.07 Å². The van der Waals surface area contributed by atoms with Crippen LogP contribution in [0.25, 0.3) is 0 Å². The number of carboxylic acid groups (broad SMARTS) is 1. The maximum absolute atomic E-state index is 10.8. The molecule has 0 aliphatic heterocycles. The lowest BCUT2D eigenvalue weighted by atomic mass is 9.98. The minimum atomic E-state index is -0.993. The highest BCUT2D eigenvalue weighted by Crippen LogP contribution is 2.19. The number of nitrogens with zero attached hydrogens (tertiary/aromatic N) is 1. The van der Waals surface area contributed by atoms with Gasteiger partial charge < -0.3 is 15.2 Å². The average Bonchev–Trinajstić information content (AvgIpc) is 2.48. The number of aromatic carboxylic acids is 1. The molecule has 2 rings (SSSR count). The van der Waals surface area contributed by atoms with Crippen LogP contribution in [-0.4, -0.2) is 35.3 Å². The molecule has 20 heavy (non-hydrogen) atoms. The molecule has 2 N–H and O–H groups in total. The van der Waals surface area contributed by atoms with E-state index in [2.05, 4.69) is 10.3 Å². The number of pyridine rings is 1. The highest BCUT2D eigenvalue weighted by Gasteiger charge is 2.12. The Morgan fingerprint density at radius 1 is 1.35 bits per heavy atom. The number of hydrogen-bond donors (Lipinski definition) is 2. The second-order valence-corrected chi connectivity index (χ2v) is 5.13. The first-order valence-corrected chi connectivity index (χ1v) is 7.27. The van der Waals surface area contributed by atoms with Crippen LogP contribution in [0.4, 0.5) is 0 Å². The third-order valence-corrected chi connectivity index (χ3v) is 3.52. The molecule has 1 saturated carbocycles. The number of rotatable bonds is 7. The lowest BCUT2D eigenvalue weighted by Gasteiger charge is -2.22. The molecule has 0 spiro atoms. The normalized spacial score (nSPS) is 16.2. The fourth-order valence-corrected chi connectivity index (χ4v) is 2.44. The van der Waals surface area contributed by atoms with E-state index in [0.29, 0.717) is 19.3 Å². The van der Waals surface area contributed by atoms with Crippen molar-refractivity contribution in [1.82, 2.24) is 10.3 Å². The molecule has 1 aliphatic carbocycles. The third-order valence-electron chi connectivity index (χ3n) is 3.52. The van der Waals surface area contributed by atoms with Gasteiger partial charge in [-0.2, -0.15) is 0 Å². The van der Waals surface area contributed by atoms with Crippen LogP contribution in [-0.2, 0) is 11.3 Å². The van der Waals surface area contributed by atoms with Gasteiger partial charge in [0, 0.05) is 13.1 Å². The van der Waals surface area contributed by atoms with Gasteiger partial charge >= 0.3 is 5.97 Å². The molecule has 5 nitrogen and oxygen atoms in total. The standard InChI is InChI=1S/C15H22N2O3/c18-15(19)14-8-4-5-12(17-14)11-16-9-10-20-13-6-2-1-3-7-13/h4-5,8,13,16H,1-3,6-7,9-11H2,(H,18,19). The molecule has 1 aliphatic rings. The van der Waals surface area contributed by atoms with Crippen molar-refractivity contribution >= 4 is 5.97 Å². The number of aromatic nitrogens is 1. The van der Waals surface area contributed by atoms with E-state index in [4.69, 9.17) is 9.84 Å². The van der Waals surface area contributed by atoms with Crippen LogP contribution in [0, 0.1) is 0 Å². The van der Waals surface area contributed by atoms with Crippen molar-refractivity contribution in [2.45, 2.75) is 44.8 Å². The molecule has 1 aromatic heterocycles. The second-order valence-electron chi connectivity index (χ2n) is 5.13. The minimum Gasteiger partial charge on any atom is -0.477 e. The molecule has 0 aromatic carbocycles. The van der Waals surface area contributed by atoms with Crippen molar-refractivity contribution in [3.8, 4) is 0 Å². The van der Waals surface area contributed by atoms with Gasteiger partial charge in [-0.05, 0) is 25.0 Å². The highest BCUT2D eigenvalue weighted by atomic mass is 16.5. The molecule has 110 valence electrons. The predicted molar refractivity (Wildman–Crippen MR) is 75.7 cm³/mol. The molecule has 1 fully saturated rings. The van der Waals surface area contributed by atoms with Crippen LogP contribution in [0.3, 0.4) is 0 Å². The van der Waals surface area contributed by atoms with E-state index in [9.17, 15) is 4.79 Å². The summed E-state index contributed by atoms with van der Waals surface area (Å²) in [5.41, 5.74) is 0.824. The van der Waals surface area contributed by atoms with E-state index in [1.807, 2.05) is 6.07 Å². The molecule has 0 atom stereocenters.